The smallest absolute Gasteiger partial charge is 0.0414 e. The molecule has 0 aromatic rings. The molecule has 0 bridgehead atoms. The first-order chi connectivity index (χ1) is 6.04. The van der Waals surface area contributed by atoms with Crippen molar-refractivity contribution in [1.29, 1.82) is 0 Å². The van der Waals surface area contributed by atoms with Crippen LogP contribution in [0.25, 0.3) is 0 Å². The highest BCUT2D eigenvalue weighted by atomic mass is 16.4. The summed E-state index contributed by atoms with van der Waals surface area (Å²) in [6, 6.07) is 0. The highest BCUT2D eigenvalue weighted by Crippen LogP contribution is 1.96. The molecule has 0 aromatic carbocycles. The van der Waals surface area contributed by atoms with Crippen LogP contribution in [0.2, 0.25) is 0 Å². The van der Waals surface area contributed by atoms with Crippen molar-refractivity contribution in [3.8, 4) is 0 Å². The molecule has 0 saturated carbocycles. The van der Waals surface area contributed by atoms with Crippen LogP contribution < -0.4 is 10.2 Å². The zero-order valence-corrected chi connectivity index (χ0v) is 8.17. The molecular formula is C9H16O4-2. The van der Waals surface area contributed by atoms with Crippen LogP contribution in [0.1, 0.15) is 46.0 Å². The van der Waals surface area contributed by atoms with Gasteiger partial charge in [-0.1, -0.05) is 26.7 Å². The fourth-order valence-electron chi connectivity index (χ4n) is 0.519. The molecule has 0 unspecified atom stereocenters. The first-order valence-electron chi connectivity index (χ1n) is 4.44. The molecule has 0 heterocycles. The summed E-state index contributed by atoms with van der Waals surface area (Å²) in [4.78, 5) is 19.0. The number of hydrogen-bond acceptors (Lipinski definition) is 4. The minimum atomic E-state index is -0.995. The Labute approximate surface area is 78.6 Å². The van der Waals surface area contributed by atoms with Gasteiger partial charge in [-0.2, -0.15) is 0 Å². The van der Waals surface area contributed by atoms with E-state index in [1.807, 2.05) is 6.92 Å². The van der Waals surface area contributed by atoms with Crippen molar-refractivity contribution in [3.05, 3.63) is 0 Å². The number of carbonyl (C=O) groups is 2. The van der Waals surface area contributed by atoms with Crippen molar-refractivity contribution in [2.45, 2.75) is 46.0 Å². The van der Waals surface area contributed by atoms with Gasteiger partial charge in [-0.3, -0.25) is 0 Å². The summed E-state index contributed by atoms with van der Waals surface area (Å²) in [6.07, 6.45) is 3.15. The quantitative estimate of drug-likeness (QED) is 0.543. The molecule has 0 N–H and O–H groups in total. The van der Waals surface area contributed by atoms with Gasteiger partial charge in [0.1, 0.15) is 0 Å². The summed E-state index contributed by atoms with van der Waals surface area (Å²) < 4.78 is 0. The third kappa shape index (κ3) is 24.8. The van der Waals surface area contributed by atoms with Crippen LogP contribution in [-0.4, -0.2) is 11.9 Å². The van der Waals surface area contributed by atoms with Gasteiger partial charge in [-0.25, -0.2) is 0 Å². The number of carboxylic acids is 2. The molecule has 4 heteroatoms. The van der Waals surface area contributed by atoms with Gasteiger partial charge in [0, 0.05) is 11.9 Å². The Balaban J connectivity index is 0. The van der Waals surface area contributed by atoms with Gasteiger partial charge in [-0.05, 0) is 19.3 Å². The van der Waals surface area contributed by atoms with E-state index in [-0.39, 0.29) is 12.8 Å². The summed E-state index contributed by atoms with van der Waals surface area (Å²) in [7, 11) is 0. The third-order valence-corrected chi connectivity index (χ3v) is 1.27. The average molecular weight is 188 g/mol. The lowest BCUT2D eigenvalue weighted by molar-refractivity contribution is -0.306. The number of unbranched alkanes of at least 4 members (excludes halogenated alkanes) is 2. The van der Waals surface area contributed by atoms with Crippen LogP contribution in [-0.2, 0) is 9.59 Å². The van der Waals surface area contributed by atoms with Crippen molar-refractivity contribution in [1.82, 2.24) is 0 Å². The largest absolute Gasteiger partial charge is 0.550 e. The Kier molecular flexibility index (Phi) is 12.2. The summed E-state index contributed by atoms with van der Waals surface area (Å²) in [6.45, 7) is 3.57. The fourth-order valence-corrected chi connectivity index (χ4v) is 0.519. The Bertz CT molecular complexity index is 143. The van der Waals surface area contributed by atoms with Crippen molar-refractivity contribution in [2.24, 2.45) is 0 Å². The van der Waals surface area contributed by atoms with E-state index in [4.69, 9.17) is 0 Å². The minimum absolute atomic E-state index is 0.111. The maximum Gasteiger partial charge on any atom is 0.0414 e. The molecule has 4 nitrogen and oxygen atoms in total. The van der Waals surface area contributed by atoms with Crippen LogP contribution in [0.5, 0.6) is 0 Å². The second-order valence-electron chi connectivity index (χ2n) is 2.55. The highest BCUT2D eigenvalue weighted by molar-refractivity contribution is 5.64. The van der Waals surface area contributed by atoms with E-state index in [1.54, 1.807) is 0 Å². The molecule has 0 saturated heterocycles. The lowest BCUT2D eigenvalue weighted by Crippen LogP contribution is -2.21. The second kappa shape index (κ2) is 10.9. The molecule has 0 rings (SSSR count). The lowest BCUT2D eigenvalue weighted by Gasteiger charge is -1.97. The van der Waals surface area contributed by atoms with Crippen molar-refractivity contribution >= 4 is 11.9 Å². The van der Waals surface area contributed by atoms with Gasteiger partial charge < -0.3 is 19.8 Å². The molecule has 13 heavy (non-hydrogen) atoms. The van der Waals surface area contributed by atoms with Crippen molar-refractivity contribution in [3.63, 3.8) is 0 Å². The number of aliphatic carboxylic acids is 2. The maximum absolute atomic E-state index is 9.76. The summed E-state index contributed by atoms with van der Waals surface area (Å²) in [5.41, 5.74) is 0. The normalized spacial score (nSPS) is 8.46. The first kappa shape index (κ1) is 14.5. The number of rotatable bonds is 5. The van der Waals surface area contributed by atoms with Gasteiger partial charge in [0.25, 0.3) is 0 Å². The van der Waals surface area contributed by atoms with Crippen LogP contribution in [0, 0.1) is 0 Å². The van der Waals surface area contributed by atoms with Gasteiger partial charge in [0.2, 0.25) is 0 Å². The molecule has 78 valence electrons. The number of carbonyl (C=O) groups excluding carboxylic acids is 2. The number of hydrogen-bond donors (Lipinski definition) is 0. The molecule has 0 atom stereocenters. The second-order valence-corrected chi connectivity index (χ2v) is 2.55. The Morgan fingerprint density at radius 1 is 1.00 bits per heavy atom. The molecule has 0 amide bonds. The fraction of sp³-hybridized carbons (Fsp3) is 0.778. The Morgan fingerprint density at radius 2 is 1.46 bits per heavy atom. The predicted molar refractivity (Wildman–Crippen MR) is 44.4 cm³/mol. The van der Waals surface area contributed by atoms with Crippen LogP contribution >= 0.6 is 0 Å². The number of carboxylic acid groups (broad SMARTS) is 2. The average Bonchev–Trinajstić information content (AvgIpc) is 2.05. The van der Waals surface area contributed by atoms with E-state index in [0.717, 1.165) is 19.3 Å². The summed E-state index contributed by atoms with van der Waals surface area (Å²) in [5, 5.41) is 19.0. The highest BCUT2D eigenvalue weighted by Gasteiger charge is 1.84. The summed E-state index contributed by atoms with van der Waals surface area (Å²) in [5.74, 6) is -1.93. The first-order valence-corrected chi connectivity index (χ1v) is 4.44. The van der Waals surface area contributed by atoms with E-state index in [0.29, 0.717) is 0 Å². The molecule has 0 radical (unpaired) electrons. The molecule has 0 fully saturated rings. The molecule has 0 aliphatic carbocycles. The van der Waals surface area contributed by atoms with Crippen LogP contribution in [0.15, 0.2) is 0 Å². The Hall–Kier alpha value is -1.06. The molecule has 0 aromatic heterocycles. The SMILES string of the molecule is CCC(=O)[O-].CCCCCC(=O)[O-]. The molecule has 0 spiro atoms. The predicted octanol–water partition coefficient (Wildman–Crippen LogP) is -0.537. The van der Waals surface area contributed by atoms with Crippen molar-refractivity contribution < 1.29 is 19.8 Å². The zero-order chi connectivity index (χ0) is 10.7. The molecule has 0 aliphatic heterocycles. The van der Waals surface area contributed by atoms with Gasteiger partial charge in [-0.15, -0.1) is 0 Å². The van der Waals surface area contributed by atoms with Crippen molar-refractivity contribution in [2.75, 3.05) is 0 Å². The third-order valence-electron chi connectivity index (χ3n) is 1.27. The van der Waals surface area contributed by atoms with Crippen LogP contribution in [0.4, 0.5) is 0 Å². The van der Waals surface area contributed by atoms with E-state index >= 15 is 0 Å². The zero-order valence-electron chi connectivity index (χ0n) is 8.17. The standard InChI is InChI=1S/C6H12O2.C3H6O2/c1-2-3-4-5-6(7)8;1-2-3(4)5/h2-5H2,1H3,(H,7,8);2H2,1H3,(H,4,5)/p-2. The van der Waals surface area contributed by atoms with E-state index in [1.165, 1.54) is 6.92 Å². The van der Waals surface area contributed by atoms with Gasteiger partial charge >= 0.3 is 0 Å². The van der Waals surface area contributed by atoms with Gasteiger partial charge in [0.15, 0.2) is 0 Å². The van der Waals surface area contributed by atoms with E-state index in [2.05, 4.69) is 0 Å². The topological polar surface area (TPSA) is 80.3 Å². The summed E-state index contributed by atoms with van der Waals surface area (Å²) >= 11 is 0. The van der Waals surface area contributed by atoms with E-state index < -0.39 is 11.9 Å². The van der Waals surface area contributed by atoms with Crippen LogP contribution in [0.3, 0.4) is 0 Å². The minimum Gasteiger partial charge on any atom is -0.550 e. The van der Waals surface area contributed by atoms with E-state index in [9.17, 15) is 19.8 Å². The monoisotopic (exact) mass is 188 g/mol. The maximum atomic E-state index is 9.76. The molecule has 0 aliphatic rings. The Morgan fingerprint density at radius 3 is 1.69 bits per heavy atom. The lowest BCUT2D eigenvalue weighted by atomic mass is 10.2. The molecular weight excluding hydrogens is 172 g/mol. The van der Waals surface area contributed by atoms with Gasteiger partial charge in [0.05, 0.1) is 0 Å².